The fourth-order valence-corrected chi connectivity index (χ4v) is 1.74. The first kappa shape index (κ1) is 11.0. The van der Waals surface area contributed by atoms with Crippen LogP contribution < -0.4 is 5.46 Å². The molecule has 1 nitrogen and oxygen atoms in total. The molecule has 0 fully saturated rings. The lowest BCUT2D eigenvalue weighted by Gasteiger charge is -2.10. The van der Waals surface area contributed by atoms with E-state index in [1.165, 1.54) is 17.4 Å². The summed E-state index contributed by atoms with van der Waals surface area (Å²) in [6.07, 6.45) is 2.32. The summed E-state index contributed by atoms with van der Waals surface area (Å²) >= 11 is 0. The molecular weight excluding hydrogens is 169 g/mol. The van der Waals surface area contributed by atoms with Crippen LogP contribution in [0.5, 0.6) is 0 Å². The van der Waals surface area contributed by atoms with Crippen molar-refractivity contribution in [3.05, 3.63) is 23.8 Å². The molecule has 0 unspecified atom stereocenters. The maximum absolute atomic E-state index is 3.96. The van der Waals surface area contributed by atoms with Gasteiger partial charge in [-0.3, -0.25) is 4.99 Å². The van der Waals surface area contributed by atoms with E-state index < -0.39 is 0 Å². The third-order valence-corrected chi connectivity index (χ3v) is 2.45. The normalized spacial score (nSPS) is 9.93. The summed E-state index contributed by atoms with van der Waals surface area (Å²) in [7, 11) is 0. The van der Waals surface area contributed by atoms with Crippen LogP contribution >= 0.6 is 0 Å². The molecule has 0 heterocycles. The molecule has 0 amide bonds. The monoisotopic (exact) mass is 187 g/mol. The summed E-state index contributed by atoms with van der Waals surface area (Å²) in [5, 5.41) is 0. The maximum atomic E-state index is 3.96. The van der Waals surface area contributed by atoms with Gasteiger partial charge in [0.1, 0.15) is 0 Å². The van der Waals surface area contributed by atoms with E-state index in [0.29, 0.717) is 6.71 Å². The van der Waals surface area contributed by atoms with E-state index in [9.17, 15) is 0 Å². The van der Waals surface area contributed by atoms with E-state index in [0.717, 1.165) is 12.1 Å². The lowest BCUT2D eigenvalue weighted by Crippen LogP contribution is -2.26. The second kappa shape index (κ2) is 4.99. The zero-order valence-electron chi connectivity index (χ0n) is 9.38. The molecular formula is C12H18BN. The van der Waals surface area contributed by atoms with Gasteiger partial charge >= 0.3 is 0 Å². The zero-order chi connectivity index (χ0) is 10.6. The molecule has 0 saturated carbocycles. The minimum Gasteiger partial charge on any atom is -0.265 e. The third kappa shape index (κ3) is 2.47. The molecule has 74 valence electrons. The number of aryl methyl sites for hydroxylation is 1. The van der Waals surface area contributed by atoms with E-state index >= 15 is 0 Å². The Morgan fingerprint density at radius 2 is 2.07 bits per heavy atom. The molecule has 1 rings (SSSR count). The molecule has 2 heteroatoms. The first-order chi connectivity index (χ1) is 6.69. The van der Waals surface area contributed by atoms with Gasteiger partial charge in [-0.05, 0) is 25.3 Å². The first-order valence-electron chi connectivity index (χ1n) is 5.28. The van der Waals surface area contributed by atoms with Crippen LogP contribution in [0.4, 0.5) is 5.69 Å². The SMILES string of the molecule is C=Nc1ccc(B(C)C)c(CCC)c1. The molecule has 0 aliphatic carbocycles. The van der Waals surface area contributed by atoms with Crippen LogP contribution in [0, 0.1) is 0 Å². The second-order valence-electron chi connectivity index (χ2n) is 3.95. The Morgan fingerprint density at radius 3 is 2.57 bits per heavy atom. The number of aliphatic imine (C=N–C) groups is 1. The van der Waals surface area contributed by atoms with Crippen molar-refractivity contribution in [1.82, 2.24) is 0 Å². The third-order valence-electron chi connectivity index (χ3n) is 2.45. The van der Waals surface area contributed by atoms with Crippen molar-refractivity contribution in [3.63, 3.8) is 0 Å². The van der Waals surface area contributed by atoms with E-state index in [-0.39, 0.29) is 0 Å². The predicted octanol–water partition coefficient (Wildman–Crippen LogP) is 2.93. The Hall–Kier alpha value is -1.05. The van der Waals surface area contributed by atoms with Crippen molar-refractivity contribution >= 4 is 24.6 Å². The summed E-state index contributed by atoms with van der Waals surface area (Å²) in [4.78, 5) is 3.96. The van der Waals surface area contributed by atoms with Gasteiger partial charge in [0.25, 0.3) is 0 Å². The van der Waals surface area contributed by atoms with Crippen LogP contribution in [-0.4, -0.2) is 13.4 Å². The molecule has 1 aromatic carbocycles. The molecule has 0 bridgehead atoms. The topological polar surface area (TPSA) is 12.4 Å². The molecule has 0 saturated heterocycles. The summed E-state index contributed by atoms with van der Waals surface area (Å²) in [6, 6.07) is 6.38. The summed E-state index contributed by atoms with van der Waals surface area (Å²) in [5.74, 6) is 0. The van der Waals surface area contributed by atoms with Crippen LogP contribution in [0.2, 0.25) is 13.6 Å². The van der Waals surface area contributed by atoms with Gasteiger partial charge in [0.2, 0.25) is 0 Å². The molecule has 14 heavy (non-hydrogen) atoms. The minimum absolute atomic E-state index is 0.593. The fraction of sp³-hybridized carbons (Fsp3) is 0.417. The van der Waals surface area contributed by atoms with Gasteiger partial charge in [-0.1, -0.05) is 44.1 Å². The van der Waals surface area contributed by atoms with Crippen molar-refractivity contribution in [2.24, 2.45) is 4.99 Å². The highest BCUT2D eigenvalue weighted by Gasteiger charge is 2.08. The highest BCUT2D eigenvalue weighted by Crippen LogP contribution is 2.13. The highest BCUT2D eigenvalue weighted by molar-refractivity contribution is 6.71. The summed E-state index contributed by atoms with van der Waals surface area (Å²) in [5.41, 5.74) is 3.85. The highest BCUT2D eigenvalue weighted by atomic mass is 14.7. The van der Waals surface area contributed by atoms with Crippen molar-refractivity contribution in [1.29, 1.82) is 0 Å². The Bertz CT molecular complexity index is 318. The summed E-state index contributed by atoms with van der Waals surface area (Å²) in [6.45, 7) is 10.8. The molecule has 0 aromatic heterocycles. The lowest BCUT2D eigenvalue weighted by atomic mass is 9.48. The van der Waals surface area contributed by atoms with E-state index in [4.69, 9.17) is 0 Å². The first-order valence-corrected chi connectivity index (χ1v) is 5.28. The Kier molecular flexibility index (Phi) is 3.93. The lowest BCUT2D eigenvalue weighted by molar-refractivity contribution is 0.927. The minimum atomic E-state index is 0.593. The molecule has 0 aliphatic heterocycles. The summed E-state index contributed by atoms with van der Waals surface area (Å²) < 4.78 is 0. The van der Waals surface area contributed by atoms with Gasteiger partial charge in [0.05, 0.1) is 5.69 Å². The van der Waals surface area contributed by atoms with Crippen LogP contribution in [-0.2, 0) is 6.42 Å². The Morgan fingerprint density at radius 1 is 1.36 bits per heavy atom. The maximum Gasteiger partial charge on any atom is 0.169 e. The quantitative estimate of drug-likeness (QED) is 0.507. The van der Waals surface area contributed by atoms with Crippen molar-refractivity contribution < 1.29 is 0 Å². The van der Waals surface area contributed by atoms with Gasteiger partial charge in [-0.2, -0.15) is 0 Å². The van der Waals surface area contributed by atoms with E-state index in [1.54, 1.807) is 0 Å². The van der Waals surface area contributed by atoms with Crippen LogP contribution in [0.15, 0.2) is 23.2 Å². The van der Waals surface area contributed by atoms with E-state index in [2.05, 4.69) is 44.4 Å². The average molecular weight is 187 g/mol. The molecule has 1 aromatic rings. The van der Waals surface area contributed by atoms with Gasteiger partial charge < -0.3 is 0 Å². The van der Waals surface area contributed by atoms with Crippen LogP contribution in [0.3, 0.4) is 0 Å². The van der Waals surface area contributed by atoms with Crippen molar-refractivity contribution in [2.45, 2.75) is 33.4 Å². The smallest absolute Gasteiger partial charge is 0.169 e. The van der Waals surface area contributed by atoms with Crippen molar-refractivity contribution in [2.75, 3.05) is 0 Å². The van der Waals surface area contributed by atoms with Crippen molar-refractivity contribution in [3.8, 4) is 0 Å². The van der Waals surface area contributed by atoms with Gasteiger partial charge in [-0.15, -0.1) is 0 Å². The van der Waals surface area contributed by atoms with Gasteiger partial charge in [-0.25, -0.2) is 0 Å². The molecule has 0 radical (unpaired) electrons. The molecule has 0 aliphatic rings. The zero-order valence-corrected chi connectivity index (χ0v) is 9.38. The number of rotatable bonds is 4. The number of hydrogen-bond donors (Lipinski definition) is 0. The number of benzene rings is 1. The molecule has 0 N–H and O–H groups in total. The number of hydrogen-bond acceptors (Lipinski definition) is 1. The molecule has 0 spiro atoms. The Labute approximate surface area is 87.3 Å². The average Bonchev–Trinajstić information content (AvgIpc) is 2.17. The van der Waals surface area contributed by atoms with Crippen LogP contribution in [0.1, 0.15) is 18.9 Å². The van der Waals surface area contributed by atoms with Gasteiger partial charge in [0, 0.05) is 0 Å². The number of nitrogens with zero attached hydrogens (tertiary/aromatic N) is 1. The van der Waals surface area contributed by atoms with Gasteiger partial charge in [0.15, 0.2) is 6.71 Å². The predicted molar refractivity (Wildman–Crippen MR) is 66.8 cm³/mol. The van der Waals surface area contributed by atoms with Crippen LogP contribution in [0.25, 0.3) is 0 Å². The fourth-order valence-electron chi connectivity index (χ4n) is 1.74. The Balaban J connectivity index is 3.09. The second-order valence-corrected chi connectivity index (χ2v) is 3.95. The molecule has 0 atom stereocenters. The standard InChI is InChI=1S/C12H18BN/c1-5-6-10-9-11(14-4)7-8-12(10)13(2)3/h7-9H,4-6H2,1-3H3. The largest absolute Gasteiger partial charge is 0.265 e. The van der Waals surface area contributed by atoms with E-state index in [1.807, 2.05) is 6.07 Å².